The van der Waals surface area contributed by atoms with E-state index in [1.54, 1.807) is 41.3 Å². The second-order valence-corrected chi connectivity index (χ2v) is 12.1. The molecule has 0 aromatic heterocycles. The quantitative estimate of drug-likeness (QED) is 0.431. The van der Waals surface area contributed by atoms with Gasteiger partial charge < -0.3 is 9.64 Å². The molecule has 198 valence electrons. The average Bonchev–Trinajstić information content (AvgIpc) is 3.39. The van der Waals surface area contributed by atoms with Crippen LogP contribution < -0.4 is 9.62 Å². The van der Waals surface area contributed by atoms with E-state index in [2.05, 4.69) is 17.4 Å². The number of ether oxygens (including phenoxy) is 1. The van der Waals surface area contributed by atoms with Crippen molar-refractivity contribution < 1.29 is 26.4 Å². The molecule has 1 aliphatic rings. The first-order chi connectivity index (χ1) is 17.6. The van der Waals surface area contributed by atoms with E-state index in [1.165, 1.54) is 23.5 Å². The van der Waals surface area contributed by atoms with E-state index in [1.807, 2.05) is 0 Å². The molecule has 0 aliphatic carbocycles. The number of sulfonamides is 2. The summed E-state index contributed by atoms with van der Waals surface area (Å²) < 4.78 is 58.9. The standard InChI is InChI=1S/C25H30N4O6S2/c1-3-36(31,32)27-18-23-5-4-15-29(23)37(33,34)24-12-10-22(11-13-24)28(25(30)14-16-35-2)19-21-8-6-20(17-26)7-9-21/h3,6-13,23,27H,1,4-5,14-16,18-19H2,2H3. The molecule has 1 N–H and O–H groups in total. The third kappa shape index (κ3) is 7.24. The predicted molar refractivity (Wildman–Crippen MR) is 139 cm³/mol. The summed E-state index contributed by atoms with van der Waals surface area (Å²) in [6.07, 6.45) is 1.29. The molecule has 1 aliphatic heterocycles. The summed E-state index contributed by atoms with van der Waals surface area (Å²) in [6, 6.07) is 14.5. The Hall–Kier alpha value is -3.08. The number of anilines is 1. The molecular weight excluding hydrogens is 516 g/mol. The summed E-state index contributed by atoms with van der Waals surface area (Å²) in [5.41, 5.74) is 1.83. The minimum absolute atomic E-state index is 0.0436. The maximum atomic E-state index is 13.4. The van der Waals surface area contributed by atoms with Crippen LogP contribution in [-0.2, 0) is 36.1 Å². The Morgan fingerprint density at radius 3 is 2.46 bits per heavy atom. The van der Waals surface area contributed by atoms with E-state index in [-0.39, 0.29) is 43.5 Å². The van der Waals surface area contributed by atoms with Gasteiger partial charge in [0.1, 0.15) is 0 Å². The summed E-state index contributed by atoms with van der Waals surface area (Å²) >= 11 is 0. The van der Waals surface area contributed by atoms with E-state index in [9.17, 15) is 21.6 Å². The van der Waals surface area contributed by atoms with Crippen LogP contribution >= 0.6 is 0 Å². The fraction of sp³-hybridized carbons (Fsp3) is 0.360. The van der Waals surface area contributed by atoms with Gasteiger partial charge in [-0.2, -0.15) is 9.57 Å². The molecule has 0 radical (unpaired) electrons. The largest absolute Gasteiger partial charge is 0.384 e. The Morgan fingerprint density at radius 2 is 1.86 bits per heavy atom. The van der Waals surface area contributed by atoms with Gasteiger partial charge in [0.15, 0.2) is 0 Å². The number of hydrogen-bond donors (Lipinski definition) is 1. The third-order valence-corrected chi connectivity index (χ3v) is 9.04. The molecule has 37 heavy (non-hydrogen) atoms. The molecule has 1 amide bonds. The van der Waals surface area contributed by atoms with Gasteiger partial charge in [-0.05, 0) is 54.8 Å². The van der Waals surface area contributed by atoms with Crippen molar-refractivity contribution in [2.75, 3.05) is 31.7 Å². The highest BCUT2D eigenvalue weighted by Gasteiger charge is 2.35. The number of amides is 1. The molecule has 10 nitrogen and oxygen atoms in total. The number of nitrogens with one attached hydrogen (secondary N) is 1. The van der Waals surface area contributed by atoms with Gasteiger partial charge in [0.25, 0.3) is 0 Å². The summed E-state index contributed by atoms with van der Waals surface area (Å²) in [7, 11) is -6.05. The fourth-order valence-electron chi connectivity index (χ4n) is 4.05. The monoisotopic (exact) mass is 546 g/mol. The maximum absolute atomic E-state index is 13.4. The van der Waals surface area contributed by atoms with Crippen LogP contribution in [0.25, 0.3) is 0 Å². The first-order valence-corrected chi connectivity index (χ1v) is 14.6. The van der Waals surface area contributed by atoms with Gasteiger partial charge >= 0.3 is 0 Å². The van der Waals surface area contributed by atoms with Crippen molar-refractivity contribution in [1.82, 2.24) is 9.03 Å². The van der Waals surface area contributed by atoms with Crippen LogP contribution in [0, 0.1) is 11.3 Å². The van der Waals surface area contributed by atoms with E-state index >= 15 is 0 Å². The third-order valence-electron chi connectivity index (χ3n) is 6.06. The van der Waals surface area contributed by atoms with Crippen molar-refractivity contribution >= 4 is 31.6 Å². The highest BCUT2D eigenvalue weighted by atomic mass is 32.2. The molecule has 12 heteroatoms. The second kappa shape index (κ2) is 12.4. The molecule has 1 unspecified atom stereocenters. The van der Waals surface area contributed by atoms with Gasteiger partial charge in [0, 0.05) is 37.3 Å². The number of carbonyl (C=O) groups excluding carboxylic acids is 1. The van der Waals surface area contributed by atoms with E-state index in [0.29, 0.717) is 24.1 Å². The predicted octanol–water partition coefficient (Wildman–Crippen LogP) is 2.34. The SMILES string of the molecule is C=CS(=O)(=O)NCC1CCCN1S(=O)(=O)c1ccc(N(Cc2ccc(C#N)cc2)C(=O)CCOC)cc1. The van der Waals surface area contributed by atoms with Crippen molar-refractivity contribution in [2.24, 2.45) is 0 Å². The van der Waals surface area contributed by atoms with Crippen LogP contribution in [0.4, 0.5) is 5.69 Å². The Kier molecular flexibility index (Phi) is 9.58. The van der Waals surface area contributed by atoms with Gasteiger partial charge in [-0.3, -0.25) is 4.79 Å². The smallest absolute Gasteiger partial charge is 0.243 e. The lowest BCUT2D eigenvalue weighted by molar-refractivity contribution is -0.119. The lowest BCUT2D eigenvalue weighted by Crippen LogP contribution is -2.42. The maximum Gasteiger partial charge on any atom is 0.243 e. The van der Waals surface area contributed by atoms with Gasteiger partial charge in [0.2, 0.25) is 26.0 Å². The molecule has 1 fully saturated rings. The normalized spacial score (nSPS) is 16.3. The number of nitrogens with zero attached hydrogens (tertiary/aromatic N) is 3. The molecule has 3 rings (SSSR count). The zero-order chi connectivity index (χ0) is 27.1. The van der Waals surface area contributed by atoms with E-state index < -0.39 is 26.1 Å². The minimum Gasteiger partial charge on any atom is -0.384 e. The van der Waals surface area contributed by atoms with E-state index in [0.717, 1.165) is 11.0 Å². The van der Waals surface area contributed by atoms with Gasteiger partial charge in [-0.1, -0.05) is 18.7 Å². The van der Waals surface area contributed by atoms with Crippen LogP contribution in [0.5, 0.6) is 0 Å². The zero-order valence-electron chi connectivity index (χ0n) is 20.5. The molecule has 0 saturated carbocycles. The molecule has 1 heterocycles. The molecule has 0 bridgehead atoms. The number of nitriles is 1. The highest BCUT2D eigenvalue weighted by Crippen LogP contribution is 2.28. The van der Waals surface area contributed by atoms with E-state index in [4.69, 9.17) is 10.00 Å². The van der Waals surface area contributed by atoms with Crippen molar-refractivity contribution in [1.29, 1.82) is 5.26 Å². The Bertz CT molecular complexity index is 1350. The molecule has 0 spiro atoms. The molecular formula is C25H30N4O6S2. The number of hydrogen-bond acceptors (Lipinski definition) is 7. The Labute approximate surface area is 218 Å². The van der Waals surface area contributed by atoms with Crippen LogP contribution in [0.3, 0.4) is 0 Å². The summed E-state index contributed by atoms with van der Waals surface area (Å²) in [5.74, 6) is -0.198. The Balaban J connectivity index is 1.82. The van der Waals surface area contributed by atoms with Crippen molar-refractivity contribution in [2.45, 2.75) is 36.7 Å². The lowest BCUT2D eigenvalue weighted by atomic mass is 10.1. The lowest BCUT2D eigenvalue weighted by Gasteiger charge is -2.25. The van der Waals surface area contributed by atoms with Gasteiger partial charge in [-0.15, -0.1) is 0 Å². The topological polar surface area (TPSA) is 137 Å². The van der Waals surface area contributed by atoms with Crippen LogP contribution in [-0.4, -0.2) is 59.9 Å². The van der Waals surface area contributed by atoms with Crippen molar-refractivity contribution in [3.8, 4) is 6.07 Å². The Morgan fingerprint density at radius 1 is 1.19 bits per heavy atom. The first-order valence-electron chi connectivity index (χ1n) is 11.6. The molecule has 2 aromatic carbocycles. The average molecular weight is 547 g/mol. The number of rotatable bonds is 12. The van der Waals surface area contributed by atoms with Crippen molar-refractivity contribution in [3.63, 3.8) is 0 Å². The number of carbonyl (C=O) groups is 1. The van der Waals surface area contributed by atoms with Crippen LogP contribution in [0.1, 0.15) is 30.4 Å². The van der Waals surface area contributed by atoms with Crippen LogP contribution in [0.15, 0.2) is 65.4 Å². The number of benzene rings is 2. The summed E-state index contributed by atoms with van der Waals surface area (Å²) in [5, 5.41) is 9.81. The highest BCUT2D eigenvalue weighted by molar-refractivity contribution is 7.92. The fourth-order valence-corrected chi connectivity index (χ4v) is 6.28. The van der Waals surface area contributed by atoms with Crippen molar-refractivity contribution in [3.05, 3.63) is 71.6 Å². The van der Waals surface area contributed by atoms with Gasteiger partial charge in [-0.25, -0.2) is 21.6 Å². The molecule has 2 aromatic rings. The second-order valence-electron chi connectivity index (χ2n) is 8.50. The summed E-state index contributed by atoms with van der Waals surface area (Å²) in [4.78, 5) is 14.5. The minimum atomic E-state index is -3.89. The van der Waals surface area contributed by atoms with Gasteiger partial charge in [0.05, 0.1) is 36.1 Å². The summed E-state index contributed by atoms with van der Waals surface area (Å²) in [6.45, 7) is 3.96. The zero-order valence-corrected chi connectivity index (χ0v) is 22.2. The van der Waals surface area contributed by atoms with Crippen LogP contribution in [0.2, 0.25) is 0 Å². The number of methoxy groups -OCH3 is 1. The molecule has 1 atom stereocenters. The first kappa shape index (κ1) is 28.5. The molecule has 1 saturated heterocycles.